The van der Waals surface area contributed by atoms with Crippen molar-refractivity contribution in [2.45, 2.75) is 13.0 Å². The zero-order chi connectivity index (χ0) is 10.8. The van der Waals surface area contributed by atoms with E-state index in [0.717, 1.165) is 10.0 Å². The van der Waals surface area contributed by atoms with E-state index in [1.165, 1.54) is 0 Å². The summed E-state index contributed by atoms with van der Waals surface area (Å²) in [6.45, 7) is 1.59. The Balaban J connectivity index is 2.33. The van der Waals surface area contributed by atoms with E-state index in [0.29, 0.717) is 11.7 Å². The van der Waals surface area contributed by atoms with Crippen molar-refractivity contribution in [3.63, 3.8) is 0 Å². The highest BCUT2D eigenvalue weighted by Gasteiger charge is 2.11. The average molecular weight is 269 g/mol. The van der Waals surface area contributed by atoms with Gasteiger partial charge in [-0.1, -0.05) is 21.1 Å². The summed E-state index contributed by atoms with van der Waals surface area (Å²) in [4.78, 5) is 4.07. The number of hydrogen-bond donors (Lipinski definition) is 1. The predicted octanol–water partition coefficient (Wildman–Crippen LogP) is 2.55. The smallest absolute Gasteiger partial charge is 0.258 e. The summed E-state index contributed by atoms with van der Waals surface area (Å²) in [5.74, 6) is 0.714. The quantitative estimate of drug-likeness (QED) is 0.910. The zero-order valence-electron chi connectivity index (χ0n) is 8.01. The SMILES string of the molecule is C[C@H](O)c1noc(-c2ccc(Br)cc2)n1. The van der Waals surface area contributed by atoms with E-state index in [-0.39, 0.29) is 0 Å². The maximum Gasteiger partial charge on any atom is 0.258 e. The molecule has 4 nitrogen and oxygen atoms in total. The molecular formula is C10H9BrN2O2. The Morgan fingerprint density at radius 2 is 2.00 bits per heavy atom. The van der Waals surface area contributed by atoms with Crippen molar-refractivity contribution in [1.29, 1.82) is 0 Å². The molecule has 0 saturated heterocycles. The van der Waals surface area contributed by atoms with Crippen LogP contribution >= 0.6 is 15.9 Å². The lowest BCUT2D eigenvalue weighted by Gasteiger charge is -1.94. The van der Waals surface area contributed by atoms with Crippen molar-refractivity contribution in [2.75, 3.05) is 0 Å². The molecule has 2 aromatic rings. The number of nitrogens with zero attached hydrogens (tertiary/aromatic N) is 2. The van der Waals surface area contributed by atoms with Crippen LogP contribution in [0.3, 0.4) is 0 Å². The molecule has 0 fully saturated rings. The lowest BCUT2D eigenvalue weighted by molar-refractivity contribution is 0.184. The Bertz CT molecular complexity index is 451. The molecular weight excluding hydrogens is 260 g/mol. The van der Waals surface area contributed by atoms with Gasteiger partial charge in [0, 0.05) is 10.0 Å². The van der Waals surface area contributed by atoms with Gasteiger partial charge in [0.05, 0.1) is 0 Å². The highest BCUT2D eigenvalue weighted by Crippen LogP contribution is 2.21. The first kappa shape index (κ1) is 10.3. The molecule has 0 aliphatic carbocycles. The van der Waals surface area contributed by atoms with Gasteiger partial charge >= 0.3 is 0 Å². The van der Waals surface area contributed by atoms with E-state index >= 15 is 0 Å². The fourth-order valence-corrected chi connectivity index (χ4v) is 1.38. The third-order valence-electron chi connectivity index (χ3n) is 1.91. The van der Waals surface area contributed by atoms with Crippen LogP contribution in [0.25, 0.3) is 11.5 Å². The molecule has 0 amide bonds. The summed E-state index contributed by atoms with van der Waals surface area (Å²) in [5, 5.41) is 12.9. The van der Waals surface area contributed by atoms with Crippen molar-refractivity contribution in [3.8, 4) is 11.5 Å². The lowest BCUT2D eigenvalue weighted by atomic mass is 10.2. The molecule has 2 rings (SSSR count). The fraction of sp³-hybridized carbons (Fsp3) is 0.200. The van der Waals surface area contributed by atoms with E-state index < -0.39 is 6.10 Å². The normalized spacial score (nSPS) is 12.7. The van der Waals surface area contributed by atoms with E-state index in [4.69, 9.17) is 4.52 Å². The molecule has 1 heterocycles. The maximum absolute atomic E-state index is 9.24. The standard InChI is InChI=1S/C10H9BrN2O2/c1-6(14)9-12-10(15-13-9)7-2-4-8(11)5-3-7/h2-6,14H,1H3/t6-/m0/s1. The summed E-state index contributed by atoms with van der Waals surface area (Å²) >= 11 is 3.34. The Labute approximate surface area is 95.1 Å². The maximum atomic E-state index is 9.24. The zero-order valence-corrected chi connectivity index (χ0v) is 9.60. The van der Waals surface area contributed by atoms with Crippen molar-refractivity contribution in [3.05, 3.63) is 34.6 Å². The van der Waals surface area contributed by atoms with Crippen molar-refractivity contribution in [2.24, 2.45) is 0 Å². The minimum Gasteiger partial charge on any atom is -0.385 e. The van der Waals surface area contributed by atoms with Gasteiger partial charge in [-0.3, -0.25) is 0 Å². The second-order valence-electron chi connectivity index (χ2n) is 3.14. The van der Waals surface area contributed by atoms with Crippen molar-refractivity contribution in [1.82, 2.24) is 10.1 Å². The Hall–Kier alpha value is -1.20. The summed E-state index contributed by atoms with van der Waals surface area (Å²) in [6, 6.07) is 7.51. The number of hydrogen-bond acceptors (Lipinski definition) is 4. The molecule has 1 N–H and O–H groups in total. The topological polar surface area (TPSA) is 59.2 Å². The first-order valence-corrected chi connectivity index (χ1v) is 5.24. The summed E-state index contributed by atoms with van der Waals surface area (Å²) in [6.07, 6.45) is -0.710. The Morgan fingerprint density at radius 3 is 2.53 bits per heavy atom. The molecule has 1 atom stereocenters. The van der Waals surface area contributed by atoms with E-state index in [9.17, 15) is 5.11 Å². The number of benzene rings is 1. The van der Waals surface area contributed by atoms with Crippen LogP contribution in [-0.4, -0.2) is 15.2 Å². The number of aliphatic hydroxyl groups is 1. The van der Waals surface area contributed by atoms with E-state index in [2.05, 4.69) is 26.1 Å². The summed E-state index contributed by atoms with van der Waals surface area (Å²) in [5.41, 5.74) is 0.831. The first-order valence-electron chi connectivity index (χ1n) is 4.44. The van der Waals surface area contributed by atoms with Gasteiger partial charge in [-0.2, -0.15) is 4.98 Å². The molecule has 0 aliphatic heterocycles. The fourth-order valence-electron chi connectivity index (χ4n) is 1.11. The molecule has 1 aromatic heterocycles. The molecule has 5 heteroatoms. The number of halogens is 1. The third kappa shape index (κ3) is 2.24. The molecule has 15 heavy (non-hydrogen) atoms. The molecule has 0 bridgehead atoms. The van der Waals surface area contributed by atoms with Crippen molar-refractivity contribution >= 4 is 15.9 Å². The van der Waals surface area contributed by atoms with Gasteiger partial charge in [0.15, 0.2) is 5.82 Å². The lowest BCUT2D eigenvalue weighted by Crippen LogP contribution is -1.92. The highest BCUT2D eigenvalue weighted by atomic mass is 79.9. The van der Waals surface area contributed by atoms with Gasteiger partial charge in [0.2, 0.25) is 0 Å². The average Bonchev–Trinajstić information content (AvgIpc) is 2.68. The van der Waals surface area contributed by atoms with Crippen LogP contribution in [0.2, 0.25) is 0 Å². The van der Waals surface area contributed by atoms with Gasteiger partial charge in [-0.25, -0.2) is 0 Å². The van der Waals surface area contributed by atoms with Crippen LogP contribution in [-0.2, 0) is 0 Å². The Morgan fingerprint density at radius 1 is 1.33 bits per heavy atom. The minimum absolute atomic E-state index is 0.299. The van der Waals surface area contributed by atoms with Gasteiger partial charge in [-0.05, 0) is 31.2 Å². The molecule has 0 spiro atoms. The molecule has 78 valence electrons. The minimum atomic E-state index is -0.710. The van der Waals surface area contributed by atoms with Crippen LogP contribution < -0.4 is 0 Å². The van der Waals surface area contributed by atoms with Crippen LogP contribution in [0.15, 0.2) is 33.3 Å². The largest absolute Gasteiger partial charge is 0.385 e. The van der Waals surface area contributed by atoms with Crippen molar-refractivity contribution < 1.29 is 9.63 Å². The third-order valence-corrected chi connectivity index (χ3v) is 2.44. The molecule has 1 aromatic carbocycles. The summed E-state index contributed by atoms with van der Waals surface area (Å²) in [7, 11) is 0. The van der Waals surface area contributed by atoms with Gasteiger partial charge in [-0.15, -0.1) is 0 Å². The molecule has 0 unspecified atom stereocenters. The number of aliphatic hydroxyl groups excluding tert-OH is 1. The molecule has 0 radical (unpaired) electrons. The summed E-state index contributed by atoms with van der Waals surface area (Å²) < 4.78 is 6.00. The monoisotopic (exact) mass is 268 g/mol. The second-order valence-corrected chi connectivity index (χ2v) is 4.06. The molecule has 0 saturated carbocycles. The van der Waals surface area contributed by atoms with Crippen LogP contribution in [0.1, 0.15) is 18.9 Å². The van der Waals surface area contributed by atoms with Gasteiger partial charge < -0.3 is 9.63 Å². The predicted molar refractivity (Wildman–Crippen MR) is 58.1 cm³/mol. The van der Waals surface area contributed by atoms with E-state index in [1.54, 1.807) is 6.92 Å². The highest BCUT2D eigenvalue weighted by molar-refractivity contribution is 9.10. The Kier molecular flexibility index (Phi) is 2.83. The van der Waals surface area contributed by atoms with Crippen LogP contribution in [0, 0.1) is 0 Å². The van der Waals surface area contributed by atoms with Crippen LogP contribution in [0.5, 0.6) is 0 Å². The van der Waals surface area contributed by atoms with E-state index in [1.807, 2.05) is 24.3 Å². The van der Waals surface area contributed by atoms with Crippen LogP contribution in [0.4, 0.5) is 0 Å². The molecule has 0 aliphatic rings. The van der Waals surface area contributed by atoms with Gasteiger partial charge in [0.25, 0.3) is 5.89 Å². The number of rotatable bonds is 2. The van der Waals surface area contributed by atoms with Gasteiger partial charge in [0.1, 0.15) is 6.10 Å². The number of aromatic nitrogens is 2. The second kappa shape index (κ2) is 4.12. The first-order chi connectivity index (χ1) is 7.16.